The van der Waals surface area contributed by atoms with Gasteiger partial charge in [0.15, 0.2) is 11.5 Å². The Labute approximate surface area is 169 Å². The lowest BCUT2D eigenvalue weighted by molar-refractivity contribution is -0.137. The molecule has 1 aliphatic heterocycles. The fourth-order valence-corrected chi connectivity index (χ4v) is 3.17. The van der Waals surface area contributed by atoms with Crippen LogP contribution in [0.2, 0.25) is 0 Å². The summed E-state index contributed by atoms with van der Waals surface area (Å²) in [5.74, 6) is 0.754. The number of aromatic amines is 1. The second-order valence-electron chi connectivity index (χ2n) is 6.66. The highest BCUT2D eigenvalue weighted by atomic mass is 19.4. The zero-order valence-corrected chi connectivity index (χ0v) is 15.4. The van der Waals surface area contributed by atoms with Crippen LogP contribution >= 0.6 is 0 Å². The van der Waals surface area contributed by atoms with Crippen LogP contribution in [0.4, 0.5) is 13.2 Å². The highest BCUT2D eigenvalue weighted by molar-refractivity contribution is 5.81. The third-order valence-corrected chi connectivity index (χ3v) is 4.71. The Morgan fingerprint density at radius 3 is 2.48 bits per heavy atom. The Morgan fingerprint density at radius 1 is 1.06 bits per heavy atom. The second-order valence-corrected chi connectivity index (χ2v) is 6.66. The molecule has 0 bridgehead atoms. The van der Waals surface area contributed by atoms with Crippen LogP contribution in [0.1, 0.15) is 11.5 Å². The quantitative estimate of drug-likeness (QED) is 0.529. The Morgan fingerprint density at radius 2 is 1.77 bits per heavy atom. The molecule has 2 aromatic heterocycles. The van der Waals surface area contributed by atoms with Crippen LogP contribution in [0.5, 0.6) is 11.5 Å². The Hall–Kier alpha value is -4.09. The molecule has 3 heterocycles. The monoisotopic (exact) mass is 432 g/mol. The number of aromatic nitrogens is 4. The van der Waals surface area contributed by atoms with Gasteiger partial charge in [0.25, 0.3) is 5.56 Å². The molecule has 9 nitrogen and oxygen atoms in total. The number of hydrogen-bond acceptors (Lipinski definition) is 7. The molecule has 2 aromatic carbocycles. The van der Waals surface area contributed by atoms with Crippen molar-refractivity contribution in [3.63, 3.8) is 0 Å². The molecule has 0 atom stereocenters. The average molecular weight is 432 g/mol. The van der Waals surface area contributed by atoms with Crippen LogP contribution in [0.15, 0.2) is 50.5 Å². The lowest BCUT2D eigenvalue weighted by Crippen LogP contribution is -2.35. The minimum Gasteiger partial charge on any atom is -0.454 e. The first-order valence-electron chi connectivity index (χ1n) is 8.86. The predicted molar refractivity (Wildman–Crippen MR) is 98.8 cm³/mol. The summed E-state index contributed by atoms with van der Waals surface area (Å²) in [5.41, 5.74) is -1.55. The second kappa shape index (κ2) is 6.72. The number of nitrogens with zero attached hydrogens (tertiary/aromatic N) is 3. The van der Waals surface area contributed by atoms with Gasteiger partial charge in [-0.2, -0.15) is 18.2 Å². The molecule has 0 amide bonds. The molecule has 0 fully saturated rings. The first kappa shape index (κ1) is 18.9. The standard InChI is InChI=1S/C19H11F3N4O5/c20-19(21,22)10-3-1-9(2-4-10)16-24-15(31-25-16)7-26-17(27)11-5-13-14(30-8-29-13)6-12(11)23-18(26)28/h1-6H,7-8H2,(H,23,28). The van der Waals surface area contributed by atoms with Crippen molar-refractivity contribution in [1.82, 2.24) is 19.7 Å². The summed E-state index contributed by atoms with van der Waals surface area (Å²) in [5, 5.41) is 3.91. The van der Waals surface area contributed by atoms with Gasteiger partial charge in [-0.25, -0.2) is 4.79 Å². The van der Waals surface area contributed by atoms with Gasteiger partial charge in [0.2, 0.25) is 18.5 Å². The highest BCUT2D eigenvalue weighted by Crippen LogP contribution is 2.34. The van der Waals surface area contributed by atoms with Gasteiger partial charge in [0.05, 0.1) is 16.5 Å². The zero-order valence-electron chi connectivity index (χ0n) is 15.4. The number of alkyl halides is 3. The summed E-state index contributed by atoms with van der Waals surface area (Å²) in [6.45, 7) is -0.315. The van der Waals surface area contributed by atoms with Crippen molar-refractivity contribution in [1.29, 1.82) is 0 Å². The maximum Gasteiger partial charge on any atom is 0.416 e. The van der Waals surface area contributed by atoms with E-state index in [0.29, 0.717) is 11.5 Å². The van der Waals surface area contributed by atoms with Crippen molar-refractivity contribution in [2.24, 2.45) is 0 Å². The third-order valence-electron chi connectivity index (χ3n) is 4.71. The van der Waals surface area contributed by atoms with Crippen LogP contribution in [-0.4, -0.2) is 26.5 Å². The molecule has 0 saturated carbocycles. The highest BCUT2D eigenvalue weighted by Gasteiger charge is 2.30. The summed E-state index contributed by atoms with van der Waals surface area (Å²) in [6, 6.07) is 7.17. The van der Waals surface area contributed by atoms with Crippen molar-refractivity contribution in [2.75, 3.05) is 6.79 Å². The number of halogens is 3. The van der Waals surface area contributed by atoms with E-state index in [1.54, 1.807) is 0 Å². The summed E-state index contributed by atoms with van der Waals surface area (Å²) in [6.07, 6.45) is -4.46. The van der Waals surface area contributed by atoms with Crippen molar-refractivity contribution in [3.8, 4) is 22.9 Å². The predicted octanol–water partition coefficient (Wildman–Crippen LogP) is 2.54. The van der Waals surface area contributed by atoms with Crippen molar-refractivity contribution in [2.45, 2.75) is 12.7 Å². The van der Waals surface area contributed by atoms with Gasteiger partial charge in [-0.05, 0) is 18.2 Å². The molecule has 31 heavy (non-hydrogen) atoms. The van der Waals surface area contributed by atoms with Crippen molar-refractivity contribution < 1.29 is 27.2 Å². The van der Waals surface area contributed by atoms with E-state index in [2.05, 4.69) is 15.1 Å². The summed E-state index contributed by atoms with van der Waals surface area (Å²) >= 11 is 0. The number of hydrogen-bond donors (Lipinski definition) is 1. The van der Waals surface area contributed by atoms with Crippen molar-refractivity contribution in [3.05, 3.63) is 68.7 Å². The molecule has 4 aromatic rings. The Kier molecular flexibility index (Phi) is 4.10. The normalized spacial score (nSPS) is 13.1. The van der Waals surface area contributed by atoms with Gasteiger partial charge in [-0.1, -0.05) is 17.3 Å². The van der Waals surface area contributed by atoms with E-state index in [4.69, 9.17) is 14.0 Å². The van der Waals surface area contributed by atoms with Gasteiger partial charge < -0.3 is 19.0 Å². The first-order chi connectivity index (χ1) is 14.8. The molecule has 1 N–H and O–H groups in total. The Bertz CT molecular complexity index is 1420. The first-order valence-corrected chi connectivity index (χ1v) is 8.86. The molecule has 158 valence electrons. The molecule has 0 aliphatic carbocycles. The molecular weight excluding hydrogens is 421 g/mol. The van der Waals surface area contributed by atoms with Gasteiger partial charge >= 0.3 is 11.9 Å². The number of benzene rings is 2. The van der Waals surface area contributed by atoms with Gasteiger partial charge in [-0.15, -0.1) is 0 Å². The van der Waals surface area contributed by atoms with E-state index in [1.807, 2.05) is 0 Å². The zero-order chi connectivity index (χ0) is 21.8. The van der Waals surface area contributed by atoms with Crippen LogP contribution in [0, 0.1) is 0 Å². The topological polar surface area (TPSA) is 112 Å². The lowest BCUT2D eigenvalue weighted by Gasteiger charge is -2.06. The summed E-state index contributed by atoms with van der Waals surface area (Å²) in [4.78, 5) is 31.9. The number of H-pyrrole nitrogens is 1. The van der Waals surface area contributed by atoms with E-state index < -0.39 is 23.0 Å². The lowest BCUT2D eigenvalue weighted by atomic mass is 10.1. The van der Waals surface area contributed by atoms with Gasteiger partial charge in [-0.3, -0.25) is 9.36 Å². The summed E-state index contributed by atoms with van der Waals surface area (Å²) < 4.78 is 54.5. The minimum absolute atomic E-state index is 0.0127. The average Bonchev–Trinajstić information content (AvgIpc) is 3.38. The third kappa shape index (κ3) is 3.31. The van der Waals surface area contributed by atoms with E-state index in [0.717, 1.165) is 16.7 Å². The SMILES string of the molecule is O=c1[nH]c2cc3c(cc2c(=O)n1Cc1nc(-c2ccc(C(F)(F)F)cc2)no1)OCO3. The van der Waals surface area contributed by atoms with Crippen LogP contribution in [0.25, 0.3) is 22.3 Å². The Balaban J connectivity index is 1.47. The smallest absolute Gasteiger partial charge is 0.416 e. The van der Waals surface area contributed by atoms with Crippen molar-refractivity contribution >= 4 is 10.9 Å². The summed E-state index contributed by atoms with van der Waals surface area (Å²) in [7, 11) is 0. The molecule has 0 spiro atoms. The van der Waals surface area contributed by atoms with Crippen LogP contribution in [0.3, 0.4) is 0 Å². The van der Waals surface area contributed by atoms with Crippen LogP contribution < -0.4 is 20.7 Å². The largest absolute Gasteiger partial charge is 0.454 e. The number of fused-ring (bicyclic) bond motifs is 2. The van der Waals surface area contributed by atoms with E-state index >= 15 is 0 Å². The maximum absolute atomic E-state index is 12.8. The maximum atomic E-state index is 12.8. The molecule has 0 radical (unpaired) electrons. The number of nitrogens with one attached hydrogen (secondary N) is 1. The molecule has 1 aliphatic rings. The van der Waals surface area contributed by atoms with Gasteiger partial charge in [0.1, 0.15) is 6.54 Å². The molecule has 0 saturated heterocycles. The fourth-order valence-electron chi connectivity index (χ4n) is 3.17. The molecule has 12 heteroatoms. The van der Waals surface area contributed by atoms with E-state index in [1.165, 1.54) is 24.3 Å². The minimum atomic E-state index is -4.46. The van der Waals surface area contributed by atoms with Gasteiger partial charge in [0, 0.05) is 11.6 Å². The number of rotatable bonds is 3. The molecule has 5 rings (SSSR count). The molecule has 0 unspecified atom stereocenters. The van der Waals surface area contributed by atoms with E-state index in [9.17, 15) is 22.8 Å². The van der Waals surface area contributed by atoms with Crippen LogP contribution in [-0.2, 0) is 12.7 Å². The number of ether oxygens (including phenoxy) is 2. The molecular formula is C19H11F3N4O5. The fraction of sp³-hybridized carbons (Fsp3) is 0.158. The van der Waals surface area contributed by atoms with E-state index in [-0.39, 0.29) is 41.5 Å².